The summed E-state index contributed by atoms with van der Waals surface area (Å²) in [4.78, 5) is 29.7. The largest absolute Gasteiger partial charge is 0.436 e. The lowest BCUT2D eigenvalue weighted by Crippen LogP contribution is -2.50. The molecule has 2 N–H and O–H groups in total. The van der Waals surface area contributed by atoms with Gasteiger partial charge in [0.25, 0.3) is 0 Å². The fraction of sp³-hybridized carbons (Fsp3) is 0.600. The summed E-state index contributed by atoms with van der Waals surface area (Å²) in [5.74, 6) is 2.57. The lowest BCUT2D eigenvalue weighted by molar-refractivity contribution is -0.139. The predicted molar refractivity (Wildman–Crippen MR) is 123 cm³/mol. The molecule has 2 heterocycles. The van der Waals surface area contributed by atoms with E-state index >= 15 is 0 Å². The highest BCUT2D eigenvalue weighted by Crippen LogP contribution is 2.43. The summed E-state index contributed by atoms with van der Waals surface area (Å²) in [6.45, 7) is 4.36. The molecule has 7 nitrogen and oxygen atoms in total. The Kier molecular flexibility index (Phi) is 6.61. The minimum absolute atomic E-state index is 0.0642. The first-order chi connectivity index (χ1) is 15.4. The molecule has 172 valence electrons. The van der Waals surface area contributed by atoms with Gasteiger partial charge in [-0.1, -0.05) is 5.92 Å². The van der Waals surface area contributed by atoms with E-state index in [4.69, 9.17) is 11.2 Å². The summed E-state index contributed by atoms with van der Waals surface area (Å²) in [7, 11) is 0. The number of likely N-dealkylation sites (tertiary alicyclic amines) is 1. The molecule has 2 saturated heterocycles. The number of ether oxygens (including phenoxy) is 1. The van der Waals surface area contributed by atoms with Crippen molar-refractivity contribution in [2.24, 2.45) is 5.41 Å². The number of nitrogens with one attached hydrogen (secondary N) is 1. The normalized spacial score (nSPS) is 28.0. The van der Waals surface area contributed by atoms with Gasteiger partial charge in [-0.2, -0.15) is 0 Å². The molecule has 1 unspecified atom stereocenters. The van der Waals surface area contributed by atoms with E-state index in [0.29, 0.717) is 11.6 Å². The van der Waals surface area contributed by atoms with E-state index in [1.54, 1.807) is 0 Å². The van der Waals surface area contributed by atoms with Crippen LogP contribution in [0.15, 0.2) is 18.2 Å². The second-order valence-electron chi connectivity index (χ2n) is 9.42. The molecule has 0 bridgehead atoms. The number of amides is 2. The third-order valence-corrected chi connectivity index (χ3v) is 7.33. The second-order valence-corrected chi connectivity index (χ2v) is 9.42. The zero-order chi connectivity index (χ0) is 22.7. The molecule has 3 fully saturated rings. The van der Waals surface area contributed by atoms with Crippen molar-refractivity contribution in [1.82, 2.24) is 4.90 Å². The maximum atomic E-state index is 13.5. The number of rotatable bonds is 4. The number of piperidine rings is 1. The lowest BCUT2D eigenvalue weighted by atomic mass is 9.78. The second kappa shape index (κ2) is 9.41. The van der Waals surface area contributed by atoms with Gasteiger partial charge in [0.2, 0.25) is 5.91 Å². The van der Waals surface area contributed by atoms with E-state index in [9.17, 15) is 14.7 Å². The smallest absolute Gasteiger partial charge is 0.412 e. The Hall–Kier alpha value is -2.72. The SMILES string of the molecule is C#CCOC(=O)Nc1ccc(N2CCCC3(CCN(C4CCC(O)CC4)C3=O)C2)cc1C. The quantitative estimate of drug-likeness (QED) is 0.704. The Morgan fingerprint density at radius 1 is 1.28 bits per heavy atom. The van der Waals surface area contributed by atoms with Crippen LogP contribution in [0.5, 0.6) is 0 Å². The highest BCUT2D eigenvalue weighted by molar-refractivity contribution is 5.87. The van der Waals surface area contributed by atoms with Crippen LogP contribution < -0.4 is 10.2 Å². The molecule has 1 aromatic rings. The van der Waals surface area contributed by atoms with Crippen LogP contribution in [-0.4, -0.2) is 60.4 Å². The van der Waals surface area contributed by atoms with Gasteiger partial charge in [0.1, 0.15) is 0 Å². The van der Waals surface area contributed by atoms with E-state index < -0.39 is 6.09 Å². The fourth-order valence-corrected chi connectivity index (χ4v) is 5.53. The summed E-state index contributed by atoms with van der Waals surface area (Å²) < 4.78 is 4.89. The number of aliphatic hydroxyl groups is 1. The first kappa shape index (κ1) is 22.5. The molecule has 0 radical (unpaired) electrons. The van der Waals surface area contributed by atoms with Crippen molar-refractivity contribution >= 4 is 23.4 Å². The summed E-state index contributed by atoms with van der Waals surface area (Å²) in [6.07, 6.45) is 10.6. The summed E-state index contributed by atoms with van der Waals surface area (Å²) >= 11 is 0. The highest BCUT2D eigenvalue weighted by atomic mass is 16.5. The molecular weight excluding hydrogens is 406 g/mol. The molecule has 1 spiro atoms. The Morgan fingerprint density at radius 3 is 2.78 bits per heavy atom. The van der Waals surface area contributed by atoms with Crippen LogP contribution in [0.2, 0.25) is 0 Å². The topological polar surface area (TPSA) is 82.1 Å². The van der Waals surface area contributed by atoms with Gasteiger partial charge in [0.15, 0.2) is 6.61 Å². The number of carbonyl (C=O) groups is 2. The van der Waals surface area contributed by atoms with E-state index in [0.717, 1.165) is 75.8 Å². The molecule has 1 aliphatic carbocycles. The van der Waals surface area contributed by atoms with Gasteiger partial charge in [-0.05, 0) is 75.6 Å². The zero-order valence-corrected chi connectivity index (χ0v) is 18.8. The van der Waals surface area contributed by atoms with E-state index in [1.807, 2.05) is 19.1 Å². The van der Waals surface area contributed by atoms with E-state index in [1.165, 1.54) is 0 Å². The first-order valence-electron chi connectivity index (χ1n) is 11.6. The van der Waals surface area contributed by atoms with Gasteiger partial charge in [-0.25, -0.2) is 4.79 Å². The fourth-order valence-electron chi connectivity index (χ4n) is 5.53. The first-order valence-corrected chi connectivity index (χ1v) is 11.6. The monoisotopic (exact) mass is 439 g/mol. The molecule has 7 heteroatoms. The summed E-state index contributed by atoms with van der Waals surface area (Å²) in [6, 6.07) is 6.19. The van der Waals surface area contributed by atoms with E-state index in [2.05, 4.69) is 27.1 Å². The number of nitrogens with zero attached hydrogens (tertiary/aromatic N) is 2. The van der Waals surface area contributed by atoms with Gasteiger partial charge in [0, 0.05) is 37.1 Å². The predicted octanol–water partition coefficient (Wildman–Crippen LogP) is 3.30. The van der Waals surface area contributed by atoms with Crippen molar-refractivity contribution in [3.05, 3.63) is 23.8 Å². The molecule has 4 rings (SSSR count). The lowest BCUT2D eigenvalue weighted by Gasteiger charge is -2.41. The van der Waals surface area contributed by atoms with Crippen LogP contribution in [-0.2, 0) is 9.53 Å². The molecular formula is C25H33N3O4. The van der Waals surface area contributed by atoms with Gasteiger partial charge in [-0.3, -0.25) is 10.1 Å². The minimum atomic E-state index is -0.567. The van der Waals surface area contributed by atoms with E-state index in [-0.39, 0.29) is 24.2 Å². The maximum Gasteiger partial charge on any atom is 0.412 e. The van der Waals surface area contributed by atoms with Crippen LogP contribution in [0, 0.1) is 24.7 Å². The molecule has 3 aliphatic rings. The molecule has 1 aromatic carbocycles. The third-order valence-electron chi connectivity index (χ3n) is 7.33. The molecule has 2 amide bonds. The Labute approximate surface area is 190 Å². The van der Waals surface area contributed by atoms with Crippen LogP contribution in [0.25, 0.3) is 0 Å². The number of benzene rings is 1. The molecule has 1 atom stereocenters. The van der Waals surface area contributed by atoms with Crippen LogP contribution in [0.4, 0.5) is 16.2 Å². The standard InChI is InChI=1S/C25H33N3O4/c1-3-15-32-24(31)26-22-10-7-20(16-18(22)2)27-13-4-11-25(17-27)12-14-28(23(25)30)19-5-8-21(29)9-6-19/h1,7,10,16,19,21,29H,4-6,8-9,11-15,17H2,2H3,(H,26,31). The van der Waals surface area contributed by atoms with Gasteiger partial charge in [0.05, 0.1) is 11.5 Å². The van der Waals surface area contributed by atoms with Gasteiger partial charge < -0.3 is 19.6 Å². The average Bonchev–Trinajstić information content (AvgIpc) is 3.09. The van der Waals surface area contributed by atoms with Crippen molar-refractivity contribution in [3.63, 3.8) is 0 Å². The number of anilines is 2. The van der Waals surface area contributed by atoms with Crippen LogP contribution in [0.3, 0.4) is 0 Å². The molecule has 2 aliphatic heterocycles. The van der Waals surface area contributed by atoms with Crippen molar-refractivity contribution in [2.75, 3.05) is 36.5 Å². The Balaban J connectivity index is 1.43. The van der Waals surface area contributed by atoms with Crippen molar-refractivity contribution in [3.8, 4) is 12.3 Å². The molecule has 1 saturated carbocycles. The third kappa shape index (κ3) is 4.56. The summed E-state index contributed by atoms with van der Waals surface area (Å²) in [5.41, 5.74) is 2.37. The van der Waals surface area contributed by atoms with Crippen molar-refractivity contribution < 1.29 is 19.4 Å². The van der Waals surface area contributed by atoms with Gasteiger partial charge in [-0.15, -0.1) is 6.42 Å². The average molecular weight is 440 g/mol. The van der Waals surface area contributed by atoms with Crippen molar-refractivity contribution in [2.45, 2.75) is 64.0 Å². The number of carbonyl (C=O) groups excluding carboxylic acids is 2. The number of aliphatic hydroxyl groups excluding tert-OH is 1. The number of hydrogen-bond donors (Lipinski definition) is 2. The number of aryl methyl sites for hydroxylation is 1. The number of hydrogen-bond acceptors (Lipinski definition) is 5. The maximum absolute atomic E-state index is 13.5. The zero-order valence-electron chi connectivity index (χ0n) is 18.8. The van der Waals surface area contributed by atoms with Crippen molar-refractivity contribution in [1.29, 1.82) is 0 Å². The van der Waals surface area contributed by atoms with Crippen LogP contribution in [0.1, 0.15) is 50.5 Å². The van der Waals surface area contributed by atoms with Crippen LogP contribution >= 0.6 is 0 Å². The Bertz CT molecular complexity index is 903. The highest BCUT2D eigenvalue weighted by Gasteiger charge is 2.50. The minimum Gasteiger partial charge on any atom is -0.436 e. The Morgan fingerprint density at radius 2 is 2.06 bits per heavy atom. The van der Waals surface area contributed by atoms with Gasteiger partial charge >= 0.3 is 6.09 Å². The molecule has 32 heavy (non-hydrogen) atoms. The number of terminal acetylenes is 1. The summed E-state index contributed by atoms with van der Waals surface area (Å²) in [5, 5.41) is 12.5. The molecule has 0 aromatic heterocycles.